The zero-order chi connectivity index (χ0) is 11.2. The fourth-order valence-corrected chi connectivity index (χ4v) is 0.874. The highest BCUT2D eigenvalue weighted by molar-refractivity contribution is 4.70. The number of hydrogen-bond donors (Lipinski definition) is 1. The maximum Gasteiger partial charge on any atom is 0.411 e. The zero-order valence-electron chi connectivity index (χ0n) is 8.52. The van der Waals surface area contributed by atoms with Gasteiger partial charge in [0.2, 0.25) is 0 Å². The molecule has 0 aromatic heterocycles. The van der Waals surface area contributed by atoms with E-state index in [1.807, 2.05) is 13.8 Å². The fraction of sp³-hybridized carbons (Fsp3) is 1.00. The highest BCUT2D eigenvalue weighted by Crippen LogP contribution is 2.25. The van der Waals surface area contributed by atoms with E-state index < -0.39 is 12.8 Å². The van der Waals surface area contributed by atoms with E-state index >= 15 is 0 Å². The van der Waals surface area contributed by atoms with Gasteiger partial charge in [-0.3, -0.25) is 0 Å². The van der Waals surface area contributed by atoms with Crippen molar-refractivity contribution in [2.75, 3.05) is 19.8 Å². The van der Waals surface area contributed by atoms with Crippen molar-refractivity contribution in [1.82, 2.24) is 0 Å². The molecule has 0 rings (SSSR count). The Labute approximate surface area is 82.1 Å². The zero-order valence-corrected chi connectivity index (χ0v) is 8.52. The normalized spacial score (nSPS) is 16.7. The molecule has 0 aliphatic carbocycles. The smallest absolute Gasteiger partial charge is 0.396 e. The molecule has 0 radical (unpaired) electrons. The number of aliphatic hydroxyl groups excluding tert-OH is 1. The molecule has 0 heterocycles. The van der Waals surface area contributed by atoms with E-state index in [1.54, 1.807) is 0 Å². The van der Waals surface area contributed by atoms with E-state index in [0.717, 1.165) is 6.42 Å². The summed E-state index contributed by atoms with van der Waals surface area (Å²) in [5.41, 5.74) is -0.328. The summed E-state index contributed by atoms with van der Waals surface area (Å²) in [6.07, 6.45) is -3.10. The monoisotopic (exact) mass is 214 g/mol. The van der Waals surface area contributed by atoms with Crippen LogP contribution in [0.25, 0.3) is 0 Å². The Morgan fingerprint density at radius 2 is 1.86 bits per heavy atom. The van der Waals surface area contributed by atoms with Gasteiger partial charge in [0.25, 0.3) is 0 Å². The van der Waals surface area contributed by atoms with Crippen molar-refractivity contribution in [2.45, 2.75) is 32.9 Å². The Balaban J connectivity index is 3.63. The molecule has 0 bridgehead atoms. The lowest BCUT2D eigenvalue weighted by Gasteiger charge is -2.25. The van der Waals surface area contributed by atoms with Crippen molar-refractivity contribution >= 4 is 0 Å². The third kappa shape index (κ3) is 6.21. The molecular formula is C9H17F3O2. The van der Waals surface area contributed by atoms with Gasteiger partial charge in [0.05, 0.1) is 0 Å². The van der Waals surface area contributed by atoms with E-state index in [0.29, 0.717) is 6.42 Å². The molecule has 14 heavy (non-hydrogen) atoms. The summed E-state index contributed by atoms with van der Waals surface area (Å²) in [4.78, 5) is 0. The third-order valence-corrected chi connectivity index (χ3v) is 2.35. The summed E-state index contributed by atoms with van der Waals surface area (Å²) in [7, 11) is 0. The summed E-state index contributed by atoms with van der Waals surface area (Å²) >= 11 is 0. The van der Waals surface area contributed by atoms with Crippen LogP contribution < -0.4 is 0 Å². The largest absolute Gasteiger partial charge is 0.411 e. The average Bonchev–Trinajstić information content (AvgIpc) is 2.11. The molecule has 0 saturated carbocycles. The highest BCUT2D eigenvalue weighted by atomic mass is 19.4. The lowest BCUT2D eigenvalue weighted by atomic mass is 9.85. The van der Waals surface area contributed by atoms with Crippen LogP contribution in [-0.2, 0) is 4.74 Å². The molecule has 1 unspecified atom stereocenters. The van der Waals surface area contributed by atoms with Crippen LogP contribution in [0.2, 0.25) is 0 Å². The molecule has 0 saturated heterocycles. The molecule has 0 aromatic rings. The van der Waals surface area contributed by atoms with E-state index in [2.05, 4.69) is 4.74 Å². The summed E-state index contributed by atoms with van der Waals surface area (Å²) in [6.45, 7) is 2.51. The lowest BCUT2D eigenvalue weighted by molar-refractivity contribution is -0.175. The second kappa shape index (κ2) is 5.56. The molecule has 0 fully saturated rings. The first-order valence-electron chi connectivity index (χ1n) is 4.58. The molecule has 1 atom stereocenters. The van der Waals surface area contributed by atoms with E-state index in [-0.39, 0.29) is 18.6 Å². The Morgan fingerprint density at radius 3 is 2.21 bits per heavy atom. The van der Waals surface area contributed by atoms with Gasteiger partial charge in [0.15, 0.2) is 0 Å². The van der Waals surface area contributed by atoms with E-state index in [4.69, 9.17) is 5.11 Å². The number of rotatable bonds is 6. The van der Waals surface area contributed by atoms with Crippen LogP contribution in [0.3, 0.4) is 0 Å². The standard InChI is InChI=1S/C9H17F3O2/c1-3-8(2,6-13)4-5-14-7-9(10,11)12/h13H,3-7H2,1-2H3. The van der Waals surface area contributed by atoms with Gasteiger partial charge in [-0.2, -0.15) is 13.2 Å². The molecule has 0 aliphatic heterocycles. The van der Waals surface area contributed by atoms with Gasteiger partial charge >= 0.3 is 6.18 Å². The van der Waals surface area contributed by atoms with Gasteiger partial charge in [-0.1, -0.05) is 13.8 Å². The predicted molar refractivity (Wildman–Crippen MR) is 47.0 cm³/mol. The molecule has 5 heteroatoms. The minimum Gasteiger partial charge on any atom is -0.396 e. The van der Waals surface area contributed by atoms with Gasteiger partial charge in [0.1, 0.15) is 6.61 Å². The van der Waals surface area contributed by atoms with Crippen LogP contribution >= 0.6 is 0 Å². The Morgan fingerprint density at radius 1 is 1.29 bits per heavy atom. The fourth-order valence-electron chi connectivity index (χ4n) is 0.874. The summed E-state index contributed by atoms with van der Waals surface area (Å²) in [5.74, 6) is 0. The minimum absolute atomic E-state index is 0.0289. The maximum atomic E-state index is 11.7. The van der Waals surface area contributed by atoms with Crippen LogP contribution in [0.5, 0.6) is 0 Å². The highest BCUT2D eigenvalue weighted by Gasteiger charge is 2.28. The van der Waals surface area contributed by atoms with Gasteiger partial charge in [-0.15, -0.1) is 0 Å². The van der Waals surface area contributed by atoms with E-state index in [9.17, 15) is 13.2 Å². The average molecular weight is 214 g/mol. The second-order valence-corrected chi connectivity index (χ2v) is 3.74. The van der Waals surface area contributed by atoms with Crippen molar-refractivity contribution in [3.8, 4) is 0 Å². The predicted octanol–water partition coefficient (Wildman–Crippen LogP) is 2.36. The van der Waals surface area contributed by atoms with Gasteiger partial charge < -0.3 is 9.84 Å². The number of aliphatic hydroxyl groups is 1. The molecule has 0 spiro atoms. The van der Waals surface area contributed by atoms with Crippen LogP contribution in [0.1, 0.15) is 26.7 Å². The van der Waals surface area contributed by atoms with Crippen molar-refractivity contribution in [2.24, 2.45) is 5.41 Å². The molecule has 0 aromatic carbocycles. The van der Waals surface area contributed by atoms with Crippen molar-refractivity contribution in [1.29, 1.82) is 0 Å². The minimum atomic E-state index is -4.26. The van der Waals surface area contributed by atoms with Crippen molar-refractivity contribution in [3.05, 3.63) is 0 Å². The first kappa shape index (κ1) is 13.7. The van der Waals surface area contributed by atoms with Crippen LogP contribution in [0, 0.1) is 5.41 Å². The van der Waals surface area contributed by atoms with Gasteiger partial charge in [-0.25, -0.2) is 0 Å². The van der Waals surface area contributed by atoms with E-state index in [1.165, 1.54) is 0 Å². The van der Waals surface area contributed by atoms with Crippen LogP contribution in [0.4, 0.5) is 13.2 Å². The Bertz CT molecular complexity index is 153. The molecule has 2 nitrogen and oxygen atoms in total. The lowest BCUT2D eigenvalue weighted by Crippen LogP contribution is -2.24. The topological polar surface area (TPSA) is 29.5 Å². The summed E-state index contributed by atoms with van der Waals surface area (Å²) < 4.78 is 39.5. The number of ether oxygens (including phenoxy) is 1. The molecular weight excluding hydrogens is 197 g/mol. The van der Waals surface area contributed by atoms with Gasteiger partial charge in [0, 0.05) is 13.2 Å². The SMILES string of the molecule is CCC(C)(CO)CCOCC(F)(F)F. The number of hydrogen-bond acceptors (Lipinski definition) is 2. The Kier molecular flexibility index (Phi) is 5.44. The van der Waals surface area contributed by atoms with Crippen LogP contribution in [-0.4, -0.2) is 31.1 Å². The Hall–Kier alpha value is -0.290. The molecule has 1 N–H and O–H groups in total. The first-order chi connectivity index (χ1) is 6.33. The van der Waals surface area contributed by atoms with Crippen molar-refractivity contribution < 1.29 is 23.0 Å². The van der Waals surface area contributed by atoms with Crippen molar-refractivity contribution in [3.63, 3.8) is 0 Å². The molecule has 0 aliphatic rings. The van der Waals surface area contributed by atoms with Crippen LogP contribution in [0.15, 0.2) is 0 Å². The quantitative estimate of drug-likeness (QED) is 0.688. The summed E-state index contributed by atoms with van der Waals surface area (Å²) in [5, 5.41) is 8.97. The molecule has 86 valence electrons. The number of halogens is 3. The maximum absolute atomic E-state index is 11.7. The third-order valence-electron chi connectivity index (χ3n) is 2.35. The first-order valence-corrected chi connectivity index (χ1v) is 4.58. The summed E-state index contributed by atoms with van der Waals surface area (Å²) in [6, 6.07) is 0. The second-order valence-electron chi connectivity index (χ2n) is 3.74. The van der Waals surface area contributed by atoms with Gasteiger partial charge in [-0.05, 0) is 18.3 Å². The number of alkyl halides is 3. The molecule has 0 amide bonds.